The molecular formula is C18H27NO2. The number of carbonyl (C=O) groups is 1. The third-order valence-corrected chi connectivity index (χ3v) is 2.98. The van der Waals surface area contributed by atoms with Crippen molar-refractivity contribution in [1.82, 2.24) is 5.32 Å². The van der Waals surface area contributed by atoms with Crippen LogP contribution in [-0.4, -0.2) is 18.6 Å². The van der Waals surface area contributed by atoms with E-state index in [-0.39, 0.29) is 16.9 Å². The highest BCUT2D eigenvalue weighted by Gasteiger charge is 2.26. The van der Waals surface area contributed by atoms with Crippen molar-refractivity contribution in [3.8, 4) is 5.75 Å². The first-order valence-corrected chi connectivity index (χ1v) is 7.26. The number of methoxy groups -OCH3 is 1. The molecule has 0 spiro atoms. The van der Waals surface area contributed by atoms with Crippen molar-refractivity contribution in [3.63, 3.8) is 0 Å². The molecule has 1 N–H and O–H groups in total. The number of hydrogen-bond acceptors (Lipinski definition) is 2. The Morgan fingerprint density at radius 3 is 2.19 bits per heavy atom. The Kier molecular flexibility index (Phi) is 5.59. The minimum Gasteiger partial charge on any atom is -0.497 e. The highest BCUT2D eigenvalue weighted by atomic mass is 16.5. The molecule has 1 aromatic carbocycles. The first kappa shape index (κ1) is 17.3. The van der Waals surface area contributed by atoms with Crippen molar-refractivity contribution in [2.24, 2.45) is 5.41 Å². The van der Waals surface area contributed by atoms with Crippen molar-refractivity contribution in [1.29, 1.82) is 0 Å². The zero-order valence-electron chi connectivity index (χ0n) is 14.0. The van der Waals surface area contributed by atoms with Crippen LogP contribution in [0.1, 0.15) is 46.6 Å². The molecule has 116 valence electrons. The molecular weight excluding hydrogens is 262 g/mol. The maximum absolute atomic E-state index is 12.0. The van der Waals surface area contributed by atoms with Crippen molar-refractivity contribution in [2.75, 3.05) is 7.11 Å². The molecule has 3 heteroatoms. The standard InChI is InChI=1S/C18H27NO2/c1-17(2,3)13-18(4,5)19-16(20)12-9-14-7-10-15(21-6)11-8-14/h7-12H,13H2,1-6H3,(H,19,20)/b12-9+. The molecule has 0 heterocycles. The van der Waals surface area contributed by atoms with Gasteiger partial charge in [-0.2, -0.15) is 0 Å². The van der Waals surface area contributed by atoms with Gasteiger partial charge >= 0.3 is 0 Å². The largest absolute Gasteiger partial charge is 0.497 e. The lowest BCUT2D eigenvalue weighted by atomic mass is 9.82. The molecule has 0 atom stereocenters. The minimum absolute atomic E-state index is 0.0694. The molecule has 1 rings (SSSR count). The molecule has 0 saturated carbocycles. The van der Waals surface area contributed by atoms with Gasteiger partial charge in [-0.1, -0.05) is 32.9 Å². The lowest BCUT2D eigenvalue weighted by Gasteiger charge is -2.32. The van der Waals surface area contributed by atoms with Crippen LogP contribution in [0.25, 0.3) is 6.08 Å². The van der Waals surface area contributed by atoms with E-state index < -0.39 is 0 Å². The number of benzene rings is 1. The van der Waals surface area contributed by atoms with Crippen molar-refractivity contribution >= 4 is 12.0 Å². The highest BCUT2D eigenvalue weighted by molar-refractivity contribution is 5.92. The summed E-state index contributed by atoms with van der Waals surface area (Å²) in [6.45, 7) is 10.6. The molecule has 1 amide bonds. The van der Waals surface area contributed by atoms with Gasteiger partial charge in [-0.3, -0.25) is 4.79 Å². The van der Waals surface area contributed by atoms with Gasteiger partial charge in [0.1, 0.15) is 5.75 Å². The van der Waals surface area contributed by atoms with Crippen LogP contribution in [0.4, 0.5) is 0 Å². The number of amides is 1. The highest BCUT2D eigenvalue weighted by Crippen LogP contribution is 2.26. The van der Waals surface area contributed by atoms with E-state index in [9.17, 15) is 4.79 Å². The van der Waals surface area contributed by atoms with Gasteiger partial charge in [0.25, 0.3) is 0 Å². The fraction of sp³-hybridized carbons (Fsp3) is 0.500. The third-order valence-electron chi connectivity index (χ3n) is 2.98. The predicted molar refractivity (Wildman–Crippen MR) is 88.3 cm³/mol. The Hall–Kier alpha value is -1.77. The van der Waals surface area contributed by atoms with Crippen LogP contribution in [0.5, 0.6) is 5.75 Å². The summed E-state index contributed by atoms with van der Waals surface area (Å²) in [5.74, 6) is 0.739. The normalized spacial score (nSPS) is 12.5. The van der Waals surface area contributed by atoms with Crippen LogP contribution in [-0.2, 0) is 4.79 Å². The summed E-state index contributed by atoms with van der Waals surface area (Å²) in [7, 11) is 1.63. The number of carbonyl (C=O) groups excluding carboxylic acids is 1. The SMILES string of the molecule is COc1ccc(/C=C/C(=O)NC(C)(C)CC(C)(C)C)cc1. The molecule has 0 unspecified atom stereocenters. The first-order chi connectivity index (χ1) is 9.61. The molecule has 3 nitrogen and oxygen atoms in total. The summed E-state index contributed by atoms with van der Waals surface area (Å²) in [5.41, 5.74) is 0.926. The average molecular weight is 289 g/mol. The van der Waals surface area contributed by atoms with Crippen LogP contribution in [0, 0.1) is 5.41 Å². The maximum atomic E-state index is 12.0. The van der Waals surface area contributed by atoms with Gasteiger partial charge in [-0.15, -0.1) is 0 Å². The lowest BCUT2D eigenvalue weighted by Crippen LogP contribution is -2.45. The summed E-state index contributed by atoms with van der Waals surface area (Å²) in [4.78, 5) is 12.0. The third kappa shape index (κ3) is 6.98. The summed E-state index contributed by atoms with van der Waals surface area (Å²) < 4.78 is 5.10. The van der Waals surface area contributed by atoms with E-state index in [1.54, 1.807) is 13.2 Å². The summed E-state index contributed by atoms with van der Waals surface area (Å²) >= 11 is 0. The topological polar surface area (TPSA) is 38.3 Å². The van der Waals surface area contributed by atoms with Gasteiger partial charge in [-0.25, -0.2) is 0 Å². The monoisotopic (exact) mass is 289 g/mol. The van der Waals surface area contributed by atoms with Gasteiger partial charge in [-0.05, 0) is 49.5 Å². The molecule has 0 aliphatic carbocycles. The van der Waals surface area contributed by atoms with Crippen LogP contribution in [0.2, 0.25) is 0 Å². The van der Waals surface area contributed by atoms with Gasteiger partial charge in [0.15, 0.2) is 0 Å². The number of ether oxygens (including phenoxy) is 1. The molecule has 0 bridgehead atoms. The van der Waals surface area contributed by atoms with E-state index in [1.807, 2.05) is 30.3 Å². The minimum atomic E-state index is -0.223. The van der Waals surface area contributed by atoms with Crippen LogP contribution in [0.15, 0.2) is 30.3 Å². The van der Waals surface area contributed by atoms with E-state index in [0.717, 1.165) is 17.7 Å². The van der Waals surface area contributed by atoms with Crippen molar-refractivity contribution in [2.45, 2.75) is 46.6 Å². The number of rotatable bonds is 5. The van der Waals surface area contributed by atoms with Crippen LogP contribution in [0.3, 0.4) is 0 Å². The Bertz CT molecular complexity index is 493. The molecule has 0 aliphatic heterocycles. The van der Waals surface area contributed by atoms with Gasteiger partial charge in [0, 0.05) is 11.6 Å². The summed E-state index contributed by atoms with van der Waals surface area (Å²) in [6, 6.07) is 7.59. The Labute approximate surface area is 128 Å². The quantitative estimate of drug-likeness (QED) is 0.831. The number of nitrogens with one attached hydrogen (secondary N) is 1. The summed E-state index contributed by atoms with van der Waals surface area (Å²) in [5, 5.41) is 3.06. The molecule has 0 saturated heterocycles. The van der Waals surface area contributed by atoms with E-state index in [1.165, 1.54) is 0 Å². The zero-order valence-corrected chi connectivity index (χ0v) is 14.0. The van der Waals surface area contributed by atoms with E-state index >= 15 is 0 Å². The molecule has 21 heavy (non-hydrogen) atoms. The zero-order chi connectivity index (χ0) is 16.1. The van der Waals surface area contributed by atoms with Crippen LogP contribution >= 0.6 is 0 Å². The first-order valence-electron chi connectivity index (χ1n) is 7.26. The maximum Gasteiger partial charge on any atom is 0.244 e. The number of hydrogen-bond donors (Lipinski definition) is 1. The second-order valence-electron chi connectivity index (χ2n) is 7.22. The Morgan fingerprint density at radius 1 is 1.14 bits per heavy atom. The molecule has 0 fully saturated rings. The molecule has 0 radical (unpaired) electrons. The predicted octanol–water partition coefficient (Wildman–Crippen LogP) is 4.04. The molecule has 1 aromatic rings. The molecule has 0 aromatic heterocycles. The fourth-order valence-corrected chi connectivity index (χ4v) is 2.63. The summed E-state index contributed by atoms with van der Waals surface area (Å²) in [6.07, 6.45) is 4.30. The van der Waals surface area contributed by atoms with Gasteiger partial charge in [0.05, 0.1) is 7.11 Å². The average Bonchev–Trinajstić information content (AvgIpc) is 2.33. The van der Waals surface area contributed by atoms with Crippen LogP contribution < -0.4 is 10.1 Å². The Balaban J connectivity index is 2.61. The van der Waals surface area contributed by atoms with E-state index in [0.29, 0.717) is 0 Å². The van der Waals surface area contributed by atoms with E-state index in [2.05, 4.69) is 39.9 Å². The van der Waals surface area contributed by atoms with E-state index in [4.69, 9.17) is 4.74 Å². The second kappa shape index (κ2) is 6.79. The van der Waals surface area contributed by atoms with Gasteiger partial charge in [0.2, 0.25) is 5.91 Å². The van der Waals surface area contributed by atoms with Crippen molar-refractivity contribution < 1.29 is 9.53 Å². The molecule has 0 aliphatic rings. The second-order valence-corrected chi connectivity index (χ2v) is 7.22. The lowest BCUT2D eigenvalue weighted by molar-refractivity contribution is -0.118. The van der Waals surface area contributed by atoms with Gasteiger partial charge < -0.3 is 10.1 Å². The van der Waals surface area contributed by atoms with Crippen molar-refractivity contribution in [3.05, 3.63) is 35.9 Å². The Morgan fingerprint density at radius 2 is 1.71 bits per heavy atom. The smallest absolute Gasteiger partial charge is 0.244 e. The fourth-order valence-electron chi connectivity index (χ4n) is 2.63.